The van der Waals surface area contributed by atoms with E-state index in [9.17, 15) is 4.79 Å². The van der Waals surface area contributed by atoms with Gasteiger partial charge in [-0.1, -0.05) is 20.8 Å². The molecule has 3 atom stereocenters. The highest BCUT2D eigenvalue weighted by molar-refractivity contribution is 6.74. The third-order valence-electron chi connectivity index (χ3n) is 4.57. The average Bonchev–Trinajstić information content (AvgIpc) is 2.57. The maximum atomic E-state index is 11.2. The van der Waals surface area contributed by atoms with Crippen LogP contribution in [0.5, 0.6) is 0 Å². The van der Waals surface area contributed by atoms with Gasteiger partial charge in [-0.15, -0.1) is 0 Å². The van der Waals surface area contributed by atoms with Crippen LogP contribution in [0.2, 0.25) is 18.1 Å². The van der Waals surface area contributed by atoms with Crippen molar-refractivity contribution in [2.24, 2.45) is 5.92 Å². The van der Waals surface area contributed by atoms with Crippen molar-refractivity contribution >= 4 is 14.3 Å². The lowest BCUT2D eigenvalue weighted by Crippen LogP contribution is -2.43. The summed E-state index contributed by atoms with van der Waals surface area (Å²) >= 11 is 0. The van der Waals surface area contributed by atoms with Gasteiger partial charge in [0.25, 0.3) is 0 Å². The van der Waals surface area contributed by atoms with Gasteiger partial charge in [-0.25, -0.2) is 0 Å². The van der Waals surface area contributed by atoms with Gasteiger partial charge in [0.05, 0.1) is 6.42 Å². The fourth-order valence-corrected chi connectivity index (χ4v) is 3.90. The summed E-state index contributed by atoms with van der Waals surface area (Å²) in [5.74, 6) is 0.392. The van der Waals surface area contributed by atoms with Crippen molar-refractivity contribution in [2.45, 2.75) is 70.4 Å². The molecule has 17 heavy (non-hydrogen) atoms. The fourth-order valence-electron chi connectivity index (χ4n) is 2.52. The Labute approximate surface area is 105 Å². The van der Waals surface area contributed by atoms with Crippen LogP contribution in [0.15, 0.2) is 0 Å². The zero-order valence-corrected chi connectivity index (χ0v) is 12.6. The number of carbonyl (C=O) groups is 1. The molecule has 1 saturated carbocycles. The second-order valence-electron chi connectivity index (χ2n) is 6.96. The normalized spacial score (nSPS) is 33.7. The van der Waals surface area contributed by atoms with E-state index in [4.69, 9.17) is 9.16 Å². The van der Waals surface area contributed by atoms with Crippen LogP contribution in [0, 0.1) is 5.92 Å². The molecular weight excluding hydrogens is 232 g/mol. The van der Waals surface area contributed by atoms with Crippen molar-refractivity contribution < 1.29 is 14.0 Å². The molecule has 0 amide bonds. The second-order valence-corrected chi connectivity index (χ2v) is 11.7. The maximum Gasteiger partial charge on any atom is 0.306 e. The second kappa shape index (κ2) is 4.09. The fraction of sp³-hybridized carbons (Fsp3) is 0.923. The number of hydrogen-bond donors (Lipinski definition) is 0. The van der Waals surface area contributed by atoms with E-state index in [0.717, 1.165) is 12.8 Å². The summed E-state index contributed by atoms with van der Waals surface area (Å²) in [7, 11) is -1.68. The van der Waals surface area contributed by atoms with E-state index in [1.165, 1.54) is 0 Å². The van der Waals surface area contributed by atoms with Crippen LogP contribution >= 0.6 is 0 Å². The van der Waals surface area contributed by atoms with Crippen LogP contribution in [0.3, 0.4) is 0 Å². The molecule has 0 radical (unpaired) electrons. The monoisotopic (exact) mass is 256 g/mol. The van der Waals surface area contributed by atoms with E-state index in [0.29, 0.717) is 18.4 Å². The summed E-state index contributed by atoms with van der Waals surface area (Å²) in [5.41, 5.74) is 0. The molecule has 0 aromatic heterocycles. The van der Waals surface area contributed by atoms with Crippen molar-refractivity contribution in [3.8, 4) is 0 Å². The largest absolute Gasteiger partial charge is 0.462 e. The number of esters is 1. The number of ether oxygens (including phenoxy) is 1. The summed E-state index contributed by atoms with van der Waals surface area (Å²) in [6, 6.07) is 0. The predicted octanol–water partition coefficient (Wildman–Crippen LogP) is 3.10. The van der Waals surface area contributed by atoms with Gasteiger partial charge in [0.2, 0.25) is 0 Å². The van der Waals surface area contributed by atoms with Gasteiger partial charge in [-0.2, -0.15) is 0 Å². The molecule has 1 aliphatic heterocycles. The minimum absolute atomic E-state index is 0.0224. The summed E-state index contributed by atoms with van der Waals surface area (Å²) in [6.07, 6.45) is 2.95. The van der Waals surface area contributed by atoms with Crippen LogP contribution in [-0.4, -0.2) is 26.5 Å². The molecule has 2 rings (SSSR count). The predicted molar refractivity (Wildman–Crippen MR) is 69.3 cm³/mol. The van der Waals surface area contributed by atoms with Gasteiger partial charge in [-0.05, 0) is 24.6 Å². The van der Waals surface area contributed by atoms with E-state index in [2.05, 4.69) is 33.9 Å². The van der Waals surface area contributed by atoms with Gasteiger partial charge in [0.1, 0.15) is 6.10 Å². The summed E-state index contributed by atoms with van der Waals surface area (Å²) in [6.45, 7) is 11.3. The molecule has 0 N–H and O–H groups in total. The quantitative estimate of drug-likeness (QED) is 0.562. The number of fused-ring (bicyclic) bond motifs is 1. The third kappa shape index (κ3) is 2.57. The van der Waals surface area contributed by atoms with E-state index in [1.807, 2.05) is 0 Å². The Morgan fingerprint density at radius 2 is 1.94 bits per heavy atom. The smallest absolute Gasteiger partial charge is 0.306 e. The van der Waals surface area contributed by atoms with Crippen molar-refractivity contribution in [2.75, 3.05) is 0 Å². The lowest BCUT2D eigenvalue weighted by Gasteiger charge is -2.38. The number of carbonyl (C=O) groups excluding carboxylic acids is 1. The SMILES string of the molecule is CC(C)(C)[Si](C)(C)OC1CC2CC(=O)OC2C1. The molecule has 0 bridgehead atoms. The minimum atomic E-state index is -1.68. The van der Waals surface area contributed by atoms with Gasteiger partial charge in [-0.3, -0.25) is 4.79 Å². The molecule has 0 aromatic rings. The molecule has 1 heterocycles. The summed E-state index contributed by atoms with van der Waals surface area (Å²) in [4.78, 5) is 11.2. The third-order valence-corrected chi connectivity index (χ3v) is 9.10. The Hall–Kier alpha value is -0.353. The van der Waals surface area contributed by atoms with Gasteiger partial charge < -0.3 is 9.16 Å². The van der Waals surface area contributed by atoms with E-state index < -0.39 is 8.32 Å². The van der Waals surface area contributed by atoms with Gasteiger partial charge in [0.15, 0.2) is 8.32 Å². The molecule has 2 fully saturated rings. The molecule has 0 spiro atoms. The summed E-state index contributed by atoms with van der Waals surface area (Å²) < 4.78 is 11.7. The lowest BCUT2D eigenvalue weighted by atomic mass is 10.1. The van der Waals surface area contributed by atoms with Crippen LogP contribution in [0.4, 0.5) is 0 Å². The Bertz CT molecular complexity index is 303. The standard InChI is InChI=1S/C13H24O3Si/c1-13(2,3)17(4,5)16-10-6-9-7-12(14)15-11(9)8-10/h9-11H,6-8H2,1-5H3. The minimum Gasteiger partial charge on any atom is -0.462 e. The Morgan fingerprint density at radius 1 is 1.29 bits per heavy atom. The van der Waals surface area contributed by atoms with E-state index in [1.54, 1.807) is 0 Å². The lowest BCUT2D eigenvalue weighted by molar-refractivity contribution is -0.141. The van der Waals surface area contributed by atoms with Gasteiger partial charge >= 0.3 is 5.97 Å². The topological polar surface area (TPSA) is 35.5 Å². The van der Waals surface area contributed by atoms with Crippen molar-refractivity contribution in [3.05, 3.63) is 0 Å². The number of hydrogen-bond acceptors (Lipinski definition) is 3. The molecule has 2 aliphatic rings. The van der Waals surface area contributed by atoms with E-state index in [-0.39, 0.29) is 17.1 Å². The Balaban J connectivity index is 1.93. The molecular formula is C13H24O3Si. The average molecular weight is 256 g/mol. The van der Waals surface area contributed by atoms with Crippen LogP contribution in [0.1, 0.15) is 40.0 Å². The zero-order chi connectivity index (χ0) is 12.8. The molecule has 3 nitrogen and oxygen atoms in total. The molecule has 0 aromatic carbocycles. The van der Waals surface area contributed by atoms with Crippen molar-refractivity contribution in [3.63, 3.8) is 0 Å². The molecule has 1 aliphatic carbocycles. The molecule has 4 heteroatoms. The van der Waals surface area contributed by atoms with Gasteiger partial charge in [0, 0.05) is 18.4 Å². The first-order chi connectivity index (χ1) is 7.69. The molecule has 3 unspecified atom stereocenters. The molecule has 98 valence electrons. The highest BCUT2D eigenvalue weighted by atomic mass is 28.4. The first-order valence-corrected chi connectivity index (χ1v) is 9.47. The van der Waals surface area contributed by atoms with Crippen LogP contribution in [-0.2, 0) is 14.0 Å². The Morgan fingerprint density at radius 3 is 2.47 bits per heavy atom. The highest BCUT2D eigenvalue weighted by Crippen LogP contribution is 2.43. The maximum absolute atomic E-state index is 11.2. The van der Waals surface area contributed by atoms with Crippen molar-refractivity contribution in [1.82, 2.24) is 0 Å². The highest BCUT2D eigenvalue weighted by Gasteiger charge is 2.47. The van der Waals surface area contributed by atoms with Crippen molar-refractivity contribution in [1.29, 1.82) is 0 Å². The molecule has 1 saturated heterocycles. The zero-order valence-electron chi connectivity index (χ0n) is 11.6. The summed E-state index contributed by atoms with van der Waals surface area (Å²) in [5, 5.41) is 0.251. The number of rotatable bonds is 2. The first kappa shape index (κ1) is 13.1. The van der Waals surface area contributed by atoms with E-state index >= 15 is 0 Å². The Kier molecular flexibility index (Phi) is 3.15. The van der Waals surface area contributed by atoms with Crippen LogP contribution < -0.4 is 0 Å². The first-order valence-electron chi connectivity index (χ1n) is 6.56. The van der Waals surface area contributed by atoms with Crippen LogP contribution in [0.25, 0.3) is 0 Å².